The molecule has 3 aromatic rings. The van der Waals surface area contributed by atoms with Crippen LogP contribution in [0.25, 0.3) is 6.08 Å². The van der Waals surface area contributed by atoms with E-state index in [0.29, 0.717) is 33.4 Å². The van der Waals surface area contributed by atoms with Crippen LogP contribution in [0.1, 0.15) is 18.1 Å². The van der Waals surface area contributed by atoms with Crippen LogP contribution in [0.2, 0.25) is 0 Å². The number of hydrogen-bond donors (Lipinski definition) is 1. The number of hydrogen-bond acceptors (Lipinski definition) is 5. The van der Waals surface area contributed by atoms with Gasteiger partial charge in [0.2, 0.25) is 0 Å². The zero-order chi connectivity index (χ0) is 23.2. The Bertz CT molecular complexity index is 1200. The lowest BCUT2D eigenvalue weighted by Crippen LogP contribution is -2.31. The first-order valence-corrected chi connectivity index (χ1v) is 12.2. The Labute approximate surface area is 205 Å². The van der Waals surface area contributed by atoms with Crippen molar-refractivity contribution in [3.63, 3.8) is 0 Å². The van der Waals surface area contributed by atoms with Crippen molar-refractivity contribution in [2.75, 3.05) is 13.2 Å². The van der Waals surface area contributed by atoms with Gasteiger partial charge in [0.25, 0.3) is 5.91 Å². The molecule has 168 valence electrons. The SMILES string of the molecule is CCOc1cc(/C=C2/SC(=Nc3ccccc3)N(CCc3ccccc3)C2=O)cc(Br)c1O. The summed E-state index contributed by atoms with van der Waals surface area (Å²) in [4.78, 5) is 20.4. The summed E-state index contributed by atoms with van der Waals surface area (Å²) in [5.41, 5.74) is 2.71. The number of carbonyl (C=O) groups is 1. The van der Waals surface area contributed by atoms with E-state index >= 15 is 0 Å². The number of phenols is 1. The second-order valence-electron chi connectivity index (χ2n) is 7.32. The molecular weight excluding hydrogens is 500 g/mol. The molecule has 1 aliphatic rings. The summed E-state index contributed by atoms with van der Waals surface area (Å²) >= 11 is 4.71. The highest BCUT2D eigenvalue weighted by molar-refractivity contribution is 9.10. The fraction of sp³-hybridized carbons (Fsp3) is 0.154. The standard InChI is InChI=1S/C26H23BrN2O3S/c1-2-32-22-16-19(15-21(27)24(22)30)17-23-25(31)29(14-13-18-9-5-3-6-10-18)26(33-23)28-20-11-7-4-8-12-20/h3-12,15-17,30H,2,13-14H2,1H3/b23-17+,28-26?. The minimum absolute atomic E-state index is 0.0419. The molecule has 0 unspecified atom stereocenters. The van der Waals surface area contributed by atoms with Gasteiger partial charge in [-0.3, -0.25) is 9.69 Å². The van der Waals surface area contributed by atoms with Crippen molar-refractivity contribution >= 4 is 50.5 Å². The normalized spacial score (nSPS) is 16.1. The third-order valence-corrected chi connectivity index (χ3v) is 6.60. The topological polar surface area (TPSA) is 62.1 Å². The number of halogens is 1. The van der Waals surface area contributed by atoms with E-state index in [2.05, 4.69) is 28.1 Å². The molecule has 1 N–H and O–H groups in total. The van der Waals surface area contributed by atoms with E-state index in [9.17, 15) is 9.90 Å². The Hall–Kier alpha value is -3.03. The van der Waals surface area contributed by atoms with Crippen LogP contribution in [0.15, 0.2) is 87.2 Å². The zero-order valence-electron chi connectivity index (χ0n) is 18.1. The molecule has 0 saturated carbocycles. The van der Waals surface area contributed by atoms with E-state index in [1.165, 1.54) is 11.8 Å². The minimum atomic E-state index is -0.0900. The third-order valence-electron chi connectivity index (χ3n) is 4.98. The summed E-state index contributed by atoms with van der Waals surface area (Å²) in [6.07, 6.45) is 2.54. The van der Waals surface area contributed by atoms with Crippen LogP contribution >= 0.6 is 27.7 Å². The molecule has 7 heteroatoms. The maximum atomic E-state index is 13.4. The van der Waals surface area contributed by atoms with Crippen molar-refractivity contribution in [1.82, 2.24) is 4.90 Å². The summed E-state index contributed by atoms with van der Waals surface area (Å²) in [6.45, 7) is 2.81. The van der Waals surface area contributed by atoms with Crippen LogP contribution in [-0.2, 0) is 11.2 Å². The van der Waals surface area contributed by atoms with Crippen LogP contribution in [0.3, 0.4) is 0 Å². The number of benzene rings is 3. The second-order valence-corrected chi connectivity index (χ2v) is 9.18. The Kier molecular flexibility index (Phi) is 7.52. The van der Waals surface area contributed by atoms with Gasteiger partial charge in [-0.1, -0.05) is 48.5 Å². The van der Waals surface area contributed by atoms with E-state index in [-0.39, 0.29) is 11.7 Å². The van der Waals surface area contributed by atoms with Gasteiger partial charge in [-0.15, -0.1) is 0 Å². The fourth-order valence-corrected chi connectivity index (χ4v) is 4.87. The monoisotopic (exact) mass is 522 g/mol. The average molecular weight is 523 g/mol. The van der Waals surface area contributed by atoms with Gasteiger partial charge in [-0.2, -0.15) is 0 Å². The van der Waals surface area contributed by atoms with E-state index < -0.39 is 0 Å². The van der Waals surface area contributed by atoms with Gasteiger partial charge < -0.3 is 9.84 Å². The van der Waals surface area contributed by atoms with Crippen LogP contribution in [0, 0.1) is 0 Å². The Morgan fingerprint density at radius 3 is 2.48 bits per heavy atom. The van der Waals surface area contributed by atoms with Gasteiger partial charge in [0.05, 0.1) is 21.7 Å². The number of rotatable bonds is 7. The molecule has 0 atom stereocenters. The molecule has 5 nitrogen and oxygen atoms in total. The lowest BCUT2D eigenvalue weighted by atomic mass is 10.1. The highest BCUT2D eigenvalue weighted by Crippen LogP contribution is 2.39. The van der Waals surface area contributed by atoms with Crippen LogP contribution in [-0.4, -0.2) is 34.2 Å². The summed E-state index contributed by atoms with van der Waals surface area (Å²) in [6, 6.07) is 23.2. The molecule has 1 heterocycles. The van der Waals surface area contributed by atoms with Gasteiger partial charge in [0.1, 0.15) is 0 Å². The molecule has 33 heavy (non-hydrogen) atoms. The molecule has 0 radical (unpaired) electrons. The van der Waals surface area contributed by atoms with Gasteiger partial charge in [-0.05, 0) is 82.5 Å². The van der Waals surface area contributed by atoms with Crippen molar-refractivity contribution in [2.45, 2.75) is 13.3 Å². The third kappa shape index (κ3) is 5.67. The minimum Gasteiger partial charge on any atom is -0.503 e. The largest absolute Gasteiger partial charge is 0.503 e. The van der Waals surface area contributed by atoms with Crippen molar-refractivity contribution in [3.8, 4) is 11.5 Å². The Morgan fingerprint density at radius 2 is 1.79 bits per heavy atom. The van der Waals surface area contributed by atoms with Gasteiger partial charge in [0.15, 0.2) is 16.7 Å². The molecule has 1 saturated heterocycles. The van der Waals surface area contributed by atoms with E-state index in [1.54, 1.807) is 17.0 Å². The quantitative estimate of drug-likeness (QED) is 0.364. The maximum Gasteiger partial charge on any atom is 0.266 e. The first-order valence-electron chi connectivity index (χ1n) is 10.6. The summed E-state index contributed by atoms with van der Waals surface area (Å²) < 4.78 is 6.03. The van der Waals surface area contributed by atoms with Crippen molar-refractivity contribution < 1.29 is 14.6 Å². The number of phenolic OH excluding ortho intramolecular Hbond substituents is 1. The summed E-state index contributed by atoms with van der Waals surface area (Å²) in [5, 5.41) is 10.8. The molecule has 1 fully saturated rings. The smallest absolute Gasteiger partial charge is 0.266 e. The van der Waals surface area contributed by atoms with E-state index in [1.807, 2.05) is 61.5 Å². The number of para-hydroxylation sites is 1. The predicted molar refractivity (Wildman–Crippen MR) is 138 cm³/mol. The number of amidine groups is 1. The molecule has 0 aromatic heterocycles. The summed E-state index contributed by atoms with van der Waals surface area (Å²) in [7, 11) is 0. The molecule has 1 aliphatic heterocycles. The lowest BCUT2D eigenvalue weighted by Gasteiger charge is -2.15. The molecule has 0 aliphatic carbocycles. The number of amides is 1. The summed E-state index contributed by atoms with van der Waals surface area (Å²) in [5.74, 6) is 0.321. The number of aromatic hydroxyl groups is 1. The van der Waals surface area contributed by atoms with Crippen molar-refractivity contribution in [3.05, 3.63) is 93.3 Å². The van der Waals surface area contributed by atoms with Crippen LogP contribution < -0.4 is 4.74 Å². The van der Waals surface area contributed by atoms with Crippen molar-refractivity contribution in [1.29, 1.82) is 0 Å². The van der Waals surface area contributed by atoms with E-state index in [0.717, 1.165) is 23.2 Å². The number of nitrogens with zero attached hydrogens (tertiary/aromatic N) is 2. The van der Waals surface area contributed by atoms with Gasteiger partial charge in [-0.25, -0.2) is 4.99 Å². The van der Waals surface area contributed by atoms with Gasteiger partial charge in [0, 0.05) is 6.54 Å². The predicted octanol–water partition coefficient (Wildman–Crippen LogP) is 6.40. The van der Waals surface area contributed by atoms with E-state index in [4.69, 9.17) is 9.73 Å². The fourth-order valence-electron chi connectivity index (χ4n) is 3.38. The molecule has 1 amide bonds. The number of thioether (sulfide) groups is 1. The number of aliphatic imine (C=N–C) groups is 1. The van der Waals surface area contributed by atoms with Gasteiger partial charge >= 0.3 is 0 Å². The lowest BCUT2D eigenvalue weighted by molar-refractivity contribution is -0.122. The highest BCUT2D eigenvalue weighted by atomic mass is 79.9. The molecule has 0 bridgehead atoms. The van der Waals surface area contributed by atoms with Crippen molar-refractivity contribution in [2.24, 2.45) is 4.99 Å². The first kappa shape index (κ1) is 23.1. The zero-order valence-corrected chi connectivity index (χ0v) is 20.5. The molecular formula is C26H23BrN2O3S. The highest BCUT2D eigenvalue weighted by Gasteiger charge is 2.33. The van der Waals surface area contributed by atoms with Crippen LogP contribution in [0.4, 0.5) is 5.69 Å². The number of carbonyl (C=O) groups excluding carboxylic acids is 1. The number of ether oxygens (including phenoxy) is 1. The second kappa shape index (κ2) is 10.7. The first-order chi connectivity index (χ1) is 16.0. The van der Waals surface area contributed by atoms with Crippen LogP contribution in [0.5, 0.6) is 11.5 Å². The molecule has 4 rings (SSSR count). The maximum absolute atomic E-state index is 13.4. The Balaban J connectivity index is 1.66. The Morgan fingerprint density at radius 1 is 1.09 bits per heavy atom. The molecule has 3 aromatic carbocycles. The average Bonchev–Trinajstić information content (AvgIpc) is 3.11. The molecule has 0 spiro atoms.